The van der Waals surface area contributed by atoms with Crippen LogP contribution in [0.2, 0.25) is 0 Å². The molecule has 5 heteroatoms. The molecule has 2 aliphatic rings. The molecular weight excluding hydrogens is 232 g/mol. The first kappa shape index (κ1) is 13.3. The monoisotopic (exact) mass is 254 g/mol. The normalized spacial score (nSPS) is 32.7. The molecule has 0 aromatic rings. The summed E-state index contributed by atoms with van der Waals surface area (Å²) < 4.78 is 0. The van der Waals surface area contributed by atoms with Gasteiger partial charge in [0, 0.05) is 26.6 Å². The third-order valence-electron chi connectivity index (χ3n) is 4.09. The maximum atomic E-state index is 11.9. The highest BCUT2D eigenvalue weighted by atomic mass is 16.3. The summed E-state index contributed by atoms with van der Waals surface area (Å²) in [5.74, 6) is 0.346. The molecule has 2 fully saturated rings. The van der Waals surface area contributed by atoms with E-state index in [0.29, 0.717) is 25.4 Å². The van der Waals surface area contributed by atoms with Gasteiger partial charge < -0.3 is 15.3 Å². The Morgan fingerprint density at radius 1 is 1.39 bits per heavy atom. The maximum absolute atomic E-state index is 11.9. The molecule has 1 saturated carbocycles. The van der Waals surface area contributed by atoms with Crippen LogP contribution in [0, 0.1) is 11.8 Å². The molecule has 0 spiro atoms. The van der Waals surface area contributed by atoms with Crippen LogP contribution in [0.5, 0.6) is 0 Å². The van der Waals surface area contributed by atoms with Crippen LogP contribution in [0.15, 0.2) is 0 Å². The number of carbonyl (C=O) groups excluding carboxylic acids is 2. The number of likely N-dealkylation sites (tertiary alicyclic amines) is 1. The number of aliphatic hydroxyl groups is 1. The van der Waals surface area contributed by atoms with E-state index in [1.165, 1.54) is 0 Å². The van der Waals surface area contributed by atoms with Crippen LogP contribution in [-0.2, 0) is 9.59 Å². The SMILES string of the molecule is CN1CC(C(=O)NCC2CCC(O)CC2)CC1=O. The Kier molecular flexibility index (Phi) is 4.22. The van der Waals surface area contributed by atoms with Crippen molar-refractivity contribution in [2.45, 2.75) is 38.2 Å². The first-order valence-electron chi connectivity index (χ1n) is 6.76. The van der Waals surface area contributed by atoms with Crippen molar-refractivity contribution in [3.05, 3.63) is 0 Å². The van der Waals surface area contributed by atoms with Crippen LogP contribution in [0.4, 0.5) is 0 Å². The van der Waals surface area contributed by atoms with Gasteiger partial charge in [-0.1, -0.05) is 0 Å². The fourth-order valence-electron chi connectivity index (χ4n) is 2.78. The van der Waals surface area contributed by atoms with Gasteiger partial charge >= 0.3 is 0 Å². The summed E-state index contributed by atoms with van der Waals surface area (Å²) in [7, 11) is 1.73. The maximum Gasteiger partial charge on any atom is 0.225 e. The van der Waals surface area contributed by atoms with E-state index in [0.717, 1.165) is 25.7 Å². The van der Waals surface area contributed by atoms with E-state index in [4.69, 9.17) is 0 Å². The number of rotatable bonds is 3. The largest absolute Gasteiger partial charge is 0.393 e. The number of hydrogen-bond donors (Lipinski definition) is 2. The Balaban J connectivity index is 1.70. The van der Waals surface area contributed by atoms with E-state index in [1.807, 2.05) is 0 Å². The van der Waals surface area contributed by atoms with E-state index in [2.05, 4.69) is 5.32 Å². The molecule has 1 saturated heterocycles. The first-order valence-corrected chi connectivity index (χ1v) is 6.76. The van der Waals surface area contributed by atoms with Crippen molar-refractivity contribution in [2.24, 2.45) is 11.8 Å². The van der Waals surface area contributed by atoms with Crippen LogP contribution in [-0.4, -0.2) is 48.1 Å². The smallest absolute Gasteiger partial charge is 0.225 e. The predicted molar refractivity (Wildman–Crippen MR) is 66.7 cm³/mol. The molecule has 1 unspecified atom stereocenters. The van der Waals surface area contributed by atoms with Gasteiger partial charge in [0.2, 0.25) is 11.8 Å². The lowest BCUT2D eigenvalue weighted by Crippen LogP contribution is -2.36. The molecule has 2 N–H and O–H groups in total. The summed E-state index contributed by atoms with van der Waals surface area (Å²) in [5, 5.41) is 12.4. The molecule has 0 bridgehead atoms. The molecule has 0 aromatic heterocycles. The zero-order valence-electron chi connectivity index (χ0n) is 10.9. The van der Waals surface area contributed by atoms with E-state index >= 15 is 0 Å². The summed E-state index contributed by atoms with van der Waals surface area (Å²) in [5.41, 5.74) is 0. The van der Waals surface area contributed by atoms with Gasteiger partial charge in [-0.15, -0.1) is 0 Å². The van der Waals surface area contributed by atoms with Crippen LogP contribution in [0.25, 0.3) is 0 Å². The minimum atomic E-state index is -0.184. The zero-order chi connectivity index (χ0) is 13.1. The summed E-state index contributed by atoms with van der Waals surface area (Å²) in [4.78, 5) is 24.9. The summed E-state index contributed by atoms with van der Waals surface area (Å²) in [6.45, 7) is 1.22. The van der Waals surface area contributed by atoms with Crippen molar-refractivity contribution in [2.75, 3.05) is 20.1 Å². The predicted octanol–water partition coefficient (Wildman–Crippen LogP) is 0.132. The number of nitrogens with one attached hydrogen (secondary N) is 1. The molecule has 102 valence electrons. The summed E-state index contributed by atoms with van der Waals surface area (Å²) in [6.07, 6.45) is 3.82. The van der Waals surface area contributed by atoms with Crippen molar-refractivity contribution in [1.29, 1.82) is 0 Å². The van der Waals surface area contributed by atoms with Gasteiger partial charge in [0.25, 0.3) is 0 Å². The number of nitrogens with zero attached hydrogens (tertiary/aromatic N) is 1. The average molecular weight is 254 g/mol. The standard InChI is InChI=1S/C13H22N2O3/c1-15-8-10(6-12(15)17)13(18)14-7-9-2-4-11(16)5-3-9/h9-11,16H,2-8H2,1H3,(H,14,18). The van der Waals surface area contributed by atoms with Crippen LogP contribution < -0.4 is 5.32 Å². The summed E-state index contributed by atoms with van der Waals surface area (Å²) in [6, 6.07) is 0. The molecule has 1 atom stereocenters. The van der Waals surface area contributed by atoms with E-state index in [1.54, 1.807) is 11.9 Å². The fraction of sp³-hybridized carbons (Fsp3) is 0.846. The Labute approximate surface area is 108 Å². The van der Waals surface area contributed by atoms with Crippen molar-refractivity contribution < 1.29 is 14.7 Å². The zero-order valence-corrected chi connectivity index (χ0v) is 10.9. The lowest BCUT2D eigenvalue weighted by Gasteiger charge is -2.25. The van der Waals surface area contributed by atoms with E-state index in [9.17, 15) is 14.7 Å². The second kappa shape index (κ2) is 5.69. The van der Waals surface area contributed by atoms with Crippen LogP contribution in [0.3, 0.4) is 0 Å². The number of carbonyl (C=O) groups is 2. The molecule has 0 aromatic carbocycles. The highest BCUT2D eigenvalue weighted by Crippen LogP contribution is 2.23. The van der Waals surface area contributed by atoms with Crippen molar-refractivity contribution in [1.82, 2.24) is 10.2 Å². The number of amides is 2. The fourth-order valence-corrected chi connectivity index (χ4v) is 2.78. The van der Waals surface area contributed by atoms with Gasteiger partial charge in [0.1, 0.15) is 0 Å². The van der Waals surface area contributed by atoms with Gasteiger partial charge in [-0.3, -0.25) is 9.59 Å². The quantitative estimate of drug-likeness (QED) is 0.752. The first-order chi connectivity index (χ1) is 8.56. The summed E-state index contributed by atoms with van der Waals surface area (Å²) >= 11 is 0. The minimum absolute atomic E-state index is 0.00109. The molecule has 5 nitrogen and oxygen atoms in total. The Bertz CT molecular complexity index is 324. The Hall–Kier alpha value is -1.10. The molecule has 1 aliphatic carbocycles. The topological polar surface area (TPSA) is 69.6 Å². The highest BCUT2D eigenvalue weighted by molar-refractivity contribution is 5.89. The van der Waals surface area contributed by atoms with Gasteiger partial charge in [0.05, 0.1) is 12.0 Å². The van der Waals surface area contributed by atoms with Crippen LogP contribution in [0.1, 0.15) is 32.1 Å². The number of aliphatic hydroxyl groups excluding tert-OH is 1. The van der Waals surface area contributed by atoms with Gasteiger partial charge in [-0.2, -0.15) is 0 Å². The van der Waals surface area contributed by atoms with Crippen molar-refractivity contribution in [3.8, 4) is 0 Å². The molecule has 1 heterocycles. The van der Waals surface area contributed by atoms with E-state index < -0.39 is 0 Å². The van der Waals surface area contributed by atoms with Crippen LogP contribution >= 0.6 is 0 Å². The average Bonchev–Trinajstić information content (AvgIpc) is 2.69. The van der Waals surface area contributed by atoms with E-state index in [-0.39, 0.29) is 23.8 Å². The highest BCUT2D eigenvalue weighted by Gasteiger charge is 2.32. The second-order valence-corrected chi connectivity index (χ2v) is 5.60. The lowest BCUT2D eigenvalue weighted by molar-refractivity contribution is -0.128. The third-order valence-corrected chi connectivity index (χ3v) is 4.09. The third kappa shape index (κ3) is 3.22. The second-order valence-electron chi connectivity index (χ2n) is 5.60. The van der Waals surface area contributed by atoms with Gasteiger partial charge in [-0.25, -0.2) is 0 Å². The molecule has 18 heavy (non-hydrogen) atoms. The van der Waals surface area contributed by atoms with Crippen molar-refractivity contribution >= 4 is 11.8 Å². The molecule has 2 amide bonds. The molecule has 0 radical (unpaired) electrons. The van der Waals surface area contributed by atoms with Gasteiger partial charge in [-0.05, 0) is 31.6 Å². The Morgan fingerprint density at radius 2 is 2.06 bits per heavy atom. The molecule has 1 aliphatic heterocycles. The minimum Gasteiger partial charge on any atom is -0.393 e. The Morgan fingerprint density at radius 3 is 2.61 bits per heavy atom. The molecule has 2 rings (SSSR count). The van der Waals surface area contributed by atoms with Gasteiger partial charge in [0.15, 0.2) is 0 Å². The van der Waals surface area contributed by atoms with Crippen molar-refractivity contribution in [3.63, 3.8) is 0 Å². The molecular formula is C13H22N2O3. The lowest BCUT2D eigenvalue weighted by atomic mass is 9.87. The number of hydrogen-bond acceptors (Lipinski definition) is 3.